The van der Waals surface area contributed by atoms with E-state index >= 15 is 0 Å². The van der Waals surface area contributed by atoms with Gasteiger partial charge in [0.25, 0.3) is 5.69 Å². The second kappa shape index (κ2) is 5.27. The zero-order chi connectivity index (χ0) is 12.3. The molecule has 0 heterocycles. The van der Waals surface area contributed by atoms with Gasteiger partial charge in [0.1, 0.15) is 0 Å². The van der Waals surface area contributed by atoms with Crippen LogP contribution in [0.1, 0.15) is 31.2 Å². The van der Waals surface area contributed by atoms with Crippen LogP contribution in [0.3, 0.4) is 0 Å². The van der Waals surface area contributed by atoms with Gasteiger partial charge in [0, 0.05) is 17.7 Å². The van der Waals surface area contributed by atoms with Gasteiger partial charge in [-0.2, -0.15) is 0 Å². The molecule has 17 heavy (non-hydrogen) atoms. The second-order valence-corrected chi connectivity index (χ2v) is 4.78. The number of benzene rings is 1. The molecule has 2 unspecified atom stereocenters. The number of aryl methyl sites for hydroxylation is 1. The van der Waals surface area contributed by atoms with Crippen molar-refractivity contribution in [3.8, 4) is 0 Å². The lowest BCUT2D eigenvalue weighted by Gasteiger charge is -2.14. The summed E-state index contributed by atoms with van der Waals surface area (Å²) in [5.41, 5.74) is 7.07. The van der Waals surface area contributed by atoms with E-state index in [4.69, 9.17) is 5.73 Å². The first kappa shape index (κ1) is 12.0. The Labute approximate surface area is 101 Å². The molecule has 92 valence electrons. The summed E-state index contributed by atoms with van der Waals surface area (Å²) < 4.78 is 0. The zero-order valence-electron chi connectivity index (χ0n) is 9.84. The summed E-state index contributed by atoms with van der Waals surface area (Å²) in [6, 6.07) is 7.28. The van der Waals surface area contributed by atoms with E-state index in [0.29, 0.717) is 5.92 Å². The number of nitro benzene ring substituents is 1. The molecule has 0 radical (unpaired) electrons. The minimum atomic E-state index is -0.302. The normalized spacial score (nSPS) is 23.8. The van der Waals surface area contributed by atoms with Crippen molar-refractivity contribution in [2.24, 2.45) is 11.7 Å². The van der Waals surface area contributed by atoms with Gasteiger partial charge in [-0.05, 0) is 31.6 Å². The molecule has 1 aliphatic carbocycles. The van der Waals surface area contributed by atoms with Crippen LogP contribution >= 0.6 is 0 Å². The molecule has 0 aromatic heterocycles. The molecule has 0 aliphatic heterocycles. The highest BCUT2D eigenvalue weighted by atomic mass is 16.6. The second-order valence-electron chi connectivity index (χ2n) is 4.78. The third kappa shape index (κ3) is 2.82. The summed E-state index contributed by atoms with van der Waals surface area (Å²) >= 11 is 0. The standard InChI is InChI=1S/C13H18N2O2/c14-12-6-3-5-10(12)8-9-11-4-1-2-7-13(11)15(16)17/h1-2,4,7,10,12H,3,5-6,8-9,14H2. The number of para-hydroxylation sites is 1. The predicted molar refractivity (Wildman–Crippen MR) is 66.7 cm³/mol. The van der Waals surface area contributed by atoms with E-state index < -0.39 is 0 Å². The van der Waals surface area contributed by atoms with E-state index in [1.807, 2.05) is 12.1 Å². The molecule has 1 saturated carbocycles. The fourth-order valence-electron chi connectivity index (χ4n) is 2.67. The summed E-state index contributed by atoms with van der Waals surface area (Å²) in [4.78, 5) is 10.6. The molecule has 1 aliphatic rings. The Morgan fingerprint density at radius 3 is 2.76 bits per heavy atom. The average molecular weight is 234 g/mol. The molecule has 4 nitrogen and oxygen atoms in total. The topological polar surface area (TPSA) is 69.2 Å². The fraction of sp³-hybridized carbons (Fsp3) is 0.538. The molecular weight excluding hydrogens is 216 g/mol. The van der Waals surface area contributed by atoms with E-state index in [9.17, 15) is 10.1 Å². The molecule has 0 amide bonds. The van der Waals surface area contributed by atoms with Crippen LogP contribution in [0.15, 0.2) is 24.3 Å². The minimum absolute atomic E-state index is 0.235. The third-order valence-electron chi connectivity index (χ3n) is 3.69. The predicted octanol–water partition coefficient (Wildman–Crippen LogP) is 2.65. The Bertz CT molecular complexity index is 406. The highest BCUT2D eigenvalue weighted by molar-refractivity contribution is 5.39. The first-order valence-electron chi connectivity index (χ1n) is 6.16. The van der Waals surface area contributed by atoms with Crippen LogP contribution in [-0.2, 0) is 6.42 Å². The lowest BCUT2D eigenvalue weighted by Crippen LogP contribution is -2.24. The highest BCUT2D eigenvalue weighted by Gasteiger charge is 2.24. The summed E-state index contributed by atoms with van der Waals surface area (Å²) in [6.07, 6.45) is 5.19. The first-order valence-corrected chi connectivity index (χ1v) is 6.16. The number of nitrogens with zero attached hydrogens (tertiary/aromatic N) is 1. The largest absolute Gasteiger partial charge is 0.327 e. The fourth-order valence-corrected chi connectivity index (χ4v) is 2.67. The van der Waals surface area contributed by atoms with Crippen LogP contribution in [0.4, 0.5) is 5.69 Å². The molecule has 0 saturated heterocycles. The van der Waals surface area contributed by atoms with Crippen molar-refractivity contribution in [2.45, 2.75) is 38.1 Å². The van der Waals surface area contributed by atoms with Crippen molar-refractivity contribution in [2.75, 3.05) is 0 Å². The number of nitrogens with two attached hydrogens (primary N) is 1. The maximum Gasteiger partial charge on any atom is 0.272 e. The Morgan fingerprint density at radius 2 is 2.12 bits per heavy atom. The summed E-state index contributed by atoms with van der Waals surface area (Å²) in [6.45, 7) is 0. The smallest absolute Gasteiger partial charge is 0.272 e. The third-order valence-corrected chi connectivity index (χ3v) is 3.69. The summed E-state index contributed by atoms with van der Waals surface area (Å²) in [5, 5.41) is 10.9. The molecular formula is C13H18N2O2. The van der Waals surface area contributed by atoms with Gasteiger partial charge >= 0.3 is 0 Å². The first-order chi connectivity index (χ1) is 8.18. The van der Waals surface area contributed by atoms with Crippen molar-refractivity contribution >= 4 is 5.69 Å². The lowest BCUT2D eigenvalue weighted by atomic mass is 9.95. The molecule has 2 rings (SSSR count). The van der Waals surface area contributed by atoms with E-state index in [1.54, 1.807) is 12.1 Å². The van der Waals surface area contributed by atoms with Gasteiger partial charge < -0.3 is 5.73 Å². The maximum atomic E-state index is 10.9. The van der Waals surface area contributed by atoms with Crippen LogP contribution in [0.2, 0.25) is 0 Å². The van der Waals surface area contributed by atoms with Gasteiger partial charge in [0.2, 0.25) is 0 Å². The Morgan fingerprint density at radius 1 is 1.35 bits per heavy atom. The zero-order valence-corrected chi connectivity index (χ0v) is 9.84. The van der Waals surface area contributed by atoms with Crippen molar-refractivity contribution in [1.29, 1.82) is 0 Å². The molecule has 0 bridgehead atoms. The van der Waals surface area contributed by atoms with Gasteiger partial charge in [0.15, 0.2) is 0 Å². The molecule has 1 fully saturated rings. The van der Waals surface area contributed by atoms with Crippen molar-refractivity contribution in [1.82, 2.24) is 0 Å². The number of nitro groups is 1. The molecule has 1 aromatic carbocycles. The van der Waals surface area contributed by atoms with Crippen LogP contribution in [0.25, 0.3) is 0 Å². The molecule has 4 heteroatoms. The van der Waals surface area contributed by atoms with E-state index in [0.717, 1.165) is 24.8 Å². The maximum absolute atomic E-state index is 10.9. The quantitative estimate of drug-likeness (QED) is 0.643. The van der Waals surface area contributed by atoms with Gasteiger partial charge in [-0.3, -0.25) is 10.1 Å². The minimum Gasteiger partial charge on any atom is -0.327 e. The van der Waals surface area contributed by atoms with Gasteiger partial charge in [0.05, 0.1) is 4.92 Å². The van der Waals surface area contributed by atoms with E-state index in [2.05, 4.69) is 0 Å². The van der Waals surface area contributed by atoms with Crippen molar-refractivity contribution in [3.05, 3.63) is 39.9 Å². The Kier molecular flexibility index (Phi) is 3.74. The molecule has 0 spiro atoms. The highest BCUT2D eigenvalue weighted by Crippen LogP contribution is 2.29. The Hall–Kier alpha value is -1.42. The van der Waals surface area contributed by atoms with Crippen LogP contribution < -0.4 is 5.73 Å². The monoisotopic (exact) mass is 234 g/mol. The summed E-state index contributed by atoms with van der Waals surface area (Å²) in [5.74, 6) is 0.537. The molecule has 1 aromatic rings. The van der Waals surface area contributed by atoms with Crippen LogP contribution in [0.5, 0.6) is 0 Å². The van der Waals surface area contributed by atoms with Crippen molar-refractivity contribution in [3.63, 3.8) is 0 Å². The number of hydrogen-bond acceptors (Lipinski definition) is 3. The van der Waals surface area contributed by atoms with Crippen molar-refractivity contribution < 1.29 is 4.92 Å². The van der Waals surface area contributed by atoms with Gasteiger partial charge in [-0.15, -0.1) is 0 Å². The van der Waals surface area contributed by atoms with Crippen LogP contribution in [0, 0.1) is 16.0 Å². The SMILES string of the molecule is NC1CCCC1CCc1ccccc1[N+](=O)[O-]. The lowest BCUT2D eigenvalue weighted by molar-refractivity contribution is -0.385. The Balaban J connectivity index is 2.01. The van der Waals surface area contributed by atoms with E-state index in [1.165, 1.54) is 12.8 Å². The van der Waals surface area contributed by atoms with E-state index in [-0.39, 0.29) is 16.7 Å². The van der Waals surface area contributed by atoms with Gasteiger partial charge in [-0.1, -0.05) is 24.6 Å². The molecule has 2 N–H and O–H groups in total. The van der Waals surface area contributed by atoms with Gasteiger partial charge in [-0.25, -0.2) is 0 Å². The summed E-state index contributed by atoms with van der Waals surface area (Å²) in [7, 11) is 0. The number of hydrogen-bond donors (Lipinski definition) is 1. The van der Waals surface area contributed by atoms with Crippen LogP contribution in [-0.4, -0.2) is 11.0 Å². The molecule has 2 atom stereocenters. The number of rotatable bonds is 4. The average Bonchev–Trinajstić information content (AvgIpc) is 2.72.